The van der Waals surface area contributed by atoms with E-state index in [1.807, 2.05) is 24.3 Å². The quantitative estimate of drug-likeness (QED) is 0.653. The molecule has 0 saturated carbocycles. The maximum Gasteiger partial charge on any atom is 0.156 e. The van der Waals surface area contributed by atoms with Gasteiger partial charge < -0.3 is 10.2 Å². The Balaban J connectivity index is 2.21. The molecular weight excluding hydrogens is 288 g/mol. The molecule has 0 aliphatic rings. The number of nitrogens with zero attached hydrogens (tertiary/aromatic N) is 3. The van der Waals surface area contributed by atoms with Crippen molar-refractivity contribution in [3.05, 3.63) is 41.3 Å². The summed E-state index contributed by atoms with van der Waals surface area (Å²) in [4.78, 5) is 21.1. The Hall–Kier alpha value is -2.14. The third-order valence-electron chi connectivity index (χ3n) is 3.21. The van der Waals surface area contributed by atoms with Gasteiger partial charge in [-0.15, -0.1) is 0 Å². The van der Waals surface area contributed by atoms with Crippen LogP contribution in [0.15, 0.2) is 30.6 Å². The van der Waals surface area contributed by atoms with Gasteiger partial charge in [0.05, 0.1) is 5.56 Å². The normalized spacial score (nSPS) is 10.2. The standard InChI is InChI=1S/C15H17ClN4O/c1-3-20(4-2)12-7-5-11(6-8-12)19-15-13(9-21)14(16)17-10-18-15/h5-10H,3-4H2,1-2H3,(H,17,18,19). The van der Waals surface area contributed by atoms with Gasteiger partial charge in [-0.2, -0.15) is 0 Å². The monoisotopic (exact) mass is 304 g/mol. The van der Waals surface area contributed by atoms with E-state index in [0.717, 1.165) is 24.5 Å². The number of halogens is 1. The van der Waals surface area contributed by atoms with Gasteiger partial charge in [-0.25, -0.2) is 9.97 Å². The lowest BCUT2D eigenvalue weighted by atomic mass is 10.2. The van der Waals surface area contributed by atoms with Crippen molar-refractivity contribution < 1.29 is 4.79 Å². The second-order valence-corrected chi connectivity index (χ2v) is 4.75. The zero-order valence-corrected chi connectivity index (χ0v) is 12.8. The number of carbonyl (C=O) groups is 1. The second-order valence-electron chi connectivity index (χ2n) is 4.39. The van der Waals surface area contributed by atoms with E-state index in [-0.39, 0.29) is 10.7 Å². The Kier molecular flexibility index (Phi) is 5.11. The van der Waals surface area contributed by atoms with Crippen LogP contribution in [0.4, 0.5) is 17.2 Å². The zero-order chi connectivity index (χ0) is 15.2. The Morgan fingerprint density at radius 1 is 1.19 bits per heavy atom. The van der Waals surface area contributed by atoms with Crippen molar-refractivity contribution >= 4 is 35.1 Å². The minimum Gasteiger partial charge on any atom is -0.372 e. The van der Waals surface area contributed by atoms with Gasteiger partial charge >= 0.3 is 0 Å². The summed E-state index contributed by atoms with van der Waals surface area (Å²) in [6.07, 6.45) is 1.97. The first-order valence-corrected chi connectivity index (χ1v) is 7.15. The molecule has 5 nitrogen and oxygen atoms in total. The van der Waals surface area contributed by atoms with Crippen molar-refractivity contribution in [2.45, 2.75) is 13.8 Å². The lowest BCUT2D eigenvalue weighted by molar-refractivity contribution is 0.112. The summed E-state index contributed by atoms with van der Waals surface area (Å²) in [7, 11) is 0. The van der Waals surface area contributed by atoms with E-state index in [2.05, 4.69) is 34.0 Å². The molecule has 1 aromatic heterocycles. The van der Waals surface area contributed by atoms with Crippen molar-refractivity contribution in [2.24, 2.45) is 0 Å². The van der Waals surface area contributed by atoms with Crippen LogP contribution < -0.4 is 10.2 Å². The van der Waals surface area contributed by atoms with Gasteiger partial charge in [0.1, 0.15) is 17.3 Å². The fraction of sp³-hybridized carbons (Fsp3) is 0.267. The van der Waals surface area contributed by atoms with E-state index in [4.69, 9.17) is 11.6 Å². The largest absolute Gasteiger partial charge is 0.372 e. The van der Waals surface area contributed by atoms with E-state index >= 15 is 0 Å². The molecule has 21 heavy (non-hydrogen) atoms. The number of aromatic nitrogens is 2. The number of benzene rings is 1. The fourth-order valence-corrected chi connectivity index (χ4v) is 2.24. The van der Waals surface area contributed by atoms with E-state index in [1.54, 1.807) is 0 Å². The highest BCUT2D eigenvalue weighted by Crippen LogP contribution is 2.23. The number of aldehydes is 1. The lowest BCUT2D eigenvalue weighted by Crippen LogP contribution is -2.21. The van der Waals surface area contributed by atoms with Crippen molar-refractivity contribution in [3.8, 4) is 0 Å². The predicted octanol–water partition coefficient (Wildman–Crippen LogP) is 3.53. The van der Waals surface area contributed by atoms with E-state index in [9.17, 15) is 4.79 Å². The SMILES string of the molecule is CCN(CC)c1ccc(Nc2ncnc(Cl)c2C=O)cc1. The average Bonchev–Trinajstić information content (AvgIpc) is 2.50. The van der Waals surface area contributed by atoms with Gasteiger partial charge in [-0.3, -0.25) is 4.79 Å². The summed E-state index contributed by atoms with van der Waals surface area (Å²) in [5, 5.41) is 3.22. The highest BCUT2D eigenvalue weighted by Gasteiger charge is 2.09. The number of hydrogen-bond donors (Lipinski definition) is 1. The maximum absolute atomic E-state index is 11.0. The maximum atomic E-state index is 11.0. The van der Waals surface area contributed by atoms with Gasteiger partial charge in [0, 0.05) is 24.5 Å². The summed E-state index contributed by atoms with van der Waals surface area (Å²) >= 11 is 5.87. The van der Waals surface area contributed by atoms with Crippen LogP contribution in [0.5, 0.6) is 0 Å². The molecule has 6 heteroatoms. The molecule has 2 aromatic rings. The highest BCUT2D eigenvalue weighted by atomic mass is 35.5. The summed E-state index contributed by atoms with van der Waals surface area (Å²) in [6, 6.07) is 7.94. The molecule has 0 saturated heterocycles. The number of hydrogen-bond acceptors (Lipinski definition) is 5. The van der Waals surface area contributed by atoms with E-state index < -0.39 is 0 Å². The third kappa shape index (κ3) is 3.49. The van der Waals surface area contributed by atoms with Crippen LogP contribution in [-0.4, -0.2) is 29.3 Å². The van der Waals surface area contributed by atoms with Crippen molar-refractivity contribution in [3.63, 3.8) is 0 Å². The van der Waals surface area contributed by atoms with Gasteiger partial charge in [0.25, 0.3) is 0 Å². The number of nitrogens with one attached hydrogen (secondary N) is 1. The molecule has 0 aliphatic heterocycles. The smallest absolute Gasteiger partial charge is 0.156 e. The predicted molar refractivity (Wildman–Crippen MR) is 85.7 cm³/mol. The molecule has 0 amide bonds. The molecule has 0 aliphatic carbocycles. The van der Waals surface area contributed by atoms with Crippen LogP contribution >= 0.6 is 11.6 Å². The van der Waals surface area contributed by atoms with Crippen molar-refractivity contribution in [1.29, 1.82) is 0 Å². The number of carbonyl (C=O) groups excluding carboxylic acids is 1. The van der Waals surface area contributed by atoms with Gasteiger partial charge in [-0.05, 0) is 38.1 Å². The fourth-order valence-electron chi connectivity index (χ4n) is 2.06. The Labute approximate surface area is 129 Å². The molecular formula is C15H17ClN4O. The second kappa shape index (κ2) is 7.04. The van der Waals surface area contributed by atoms with Crippen LogP contribution in [-0.2, 0) is 0 Å². The molecule has 0 unspecified atom stereocenters. The van der Waals surface area contributed by atoms with E-state index in [0.29, 0.717) is 12.1 Å². The molecule has 110 valence electrons. The summed E-state index contributed by atoms with van der Waals surface area (Å²) < 4.78 is 0. The van der Waals surface area contributed by atoms with Crippen LogP contribution in [0.2, 0.25) is 5.15 Å². The highest BCUT2D eigenvalue weighted by molar-refractivity contribution is 6.32. The Morgan fingerprint density at radius 3 is 2.43 bits per heavy atom. The molecule has 1 heterocycles. The topological polar surface area (TPSA) is 58.1 Å². The average molecular weight is 305 g/mol. The number of anilines is 3. The lowest BCUT2D eigenvalue weighted by Gasteiger charge is -2.21. The molecule has 0 fully saturated rings. The Bertz CT molecular complexity index is 612. The van der Waals surface area contributed by atoms with E-state index in [1.165, 1.54) is 6.33 Å². The van der Waals surface area contributed by atoms with Crippen LogP contribution in [0, 0.1) is 0 Å². The third-order valence-corrected chi connectivity index (χ3v) is 3.51. The van der Waals surface area contributed by atoms with Crippen LogP contribution in [0.1, 0.15) is 24.2 Å². The first-order chi connectivity index (χ1) is 10.2. The molecule has 1 aromatic carbocycles. The van der Waals surface area contributed by atoms with Gasteiger partial charge in [0.15, 0.2) is 6.29 Å². The first-order valence-electron chi connectivity index (χ1n) is 6.77. The minimum absolute atomic E-state index is 0.141. The summed E-state index contributed by atoms with van der Waals surface area (Å²) in [5.41, 5.74) is 2.25. The number of rotatable bonds is 6. The minimum atomic E-state index is 0.141. The molecule has 0 spiro atoms. The zero-order valence-electron chi connectivity index (χ0n) is 12.0. The summed E-state index contributed by atoms with van der Waals surface area (Å²) in [6.45, 7) is 6.16. The molecule has 0 atom stereocenters. The van der Waals surface area contributed by atoms with Crippen LogP contribution in [0.25, 0.3) is 0 Å². The van der Waals surface area contributed by atoms with Crippen molar-refractivity contribution in [2.75, 3.05) is 23.3 Å². The van der Waals surface area contributed by atoms with Crippen LogP contribution in [0.3, 0.4) is 0 Å². The molecule has 2 rings (SSSR count). The molecule has 0 bridgehead atoms. The molecule has 0 radical (unpaired) electrons. The van der Waals surface area contributed by atoms with Crippen molar-refractivity contribution in [1.82, 2.24) is 9.97 Å². The van der Waals surface area contributed by atoms with Gasteiger partial charge in [-0.1, -0.05) is 11.6 Å². The van der Waals surface area contributed by atoms with Gasteiger partial charge in [0.2, 0.25) is 0 Å². The summed E-state index contributed by atoms with van der Waals surface area (Å²) in [5.74, 6) is 0.403. The Morgan fingerprint density at radius 2 is 1.86 bits per heavy atom. The first kappa shape index (κ1) is 15.3. The molecule has 1 N–H and O–H groups in total.